The summed E-state index contributed by atoms with van der Waals surface area (Å²) in [6.07, 6.45) is 2.47. The summed E-state index contributed by atoms with van der Waals surface area (Å²) < 4.78 is 34.4. The topological polar surface area (TPSA) is 88.1 Å². The number of sulfonamides is 1. The molecule has 1 saturated heterocycles. The van der Waals surface area contributed by atoms with Gasteiger partial charge in [-0.15, -0.1) is 4.40 Å². The number of hydrogen-bond acceptors (Lipinski definition) is 4. The Bertz CT molecular complexity index is 957. The van der Waals surface area contributed by atoms with Gasteiger partial charge in [0, 0.05) is 32.1 Å². The highest BCUT2D eigenvalue weighted by Gasteiger charge is 2.20. The molecule has 0 atom stereocenters. The molecule has 0 aromatic heterocycles. The van der Waals surface area contributed by atoms with E-state index >= 15 is 0 Å². The number of hydrogen-bond donors (Lipinski definition) is 1. The van der Waals surface area contributed by atoms with Crippen molar-refractivity contribution < 1.29 is 17.9 Å². The van der Waals surface area contributed by atoms with Gasteiger partial charge in [-0.25, -0.2) is 0 Å². The summed E-state index contributed by atoms with van der Waals surface area (Å²) in [4.78, 5) is 14.0. The van der Waals surface area contributed by atoms with Crippen molar-refractivity contribution in [2.45, 2.75) is 30.6 Å². The van der Waals surface area contributed by atoms with Crippen molar-refractivity contribution in [3.8, 4) is 5.75 Å². The van der Waals surface area contributed by atoms with Crippen LogP contribution in [-0.2, 0) is 14.8 Å². The molecule has 7 nitrogen and oxygen atoms in total. The van der Waals surface area contributed by atoms with Gasteiger partial charge in [0.05, 0.1) is 11.5 Å². The molecule has 2 aromatic rings. The van der Waals surface area contributed by atoms with Gasteiger partial charge < -0.3 is 15.0 Å². The van der Waals surface area contributed by atoms with Crippen LogP contribution in [0.15, 0.2) is 63.9 Å². The number of amidine groups is 1. The van der Waals surface area contributed by atoms with Crippen molar-refractivity contribution >= 4 is 27.5 Å². The Morgan fingerprint density at radius 2 is 1.86 bits per heavy atom. The lowest BCUT2D eigenvalue weighted by Crippen LogP contribution is -2.20. The van der Waals surface area contributed by atoms with Crippen LogP contribution < -0.4 is 10.1 Å². The molecule has 0 bridgehead atoms. The third-order valence-electron chi connectivity index (χ3n) is 4.56. The van der Waals surface area contributed by atoms with Crippen LogP contribution in [0.25, 0.3) is 0 Å². The molecule has 1 amide bonds. The number of nitrogens with one attached hydrogen (secondary N) is 1. The second-order valence-corrected chi connectivity index (χ2v) is 8.45. The molecular weight excluding hydrogens is 390 g/mol. The molecule has 1 heterocycles. The van der Waals surface area contributed by atoms with Gasteiger partial charge in [-0.05, 0) is 49.2 Å². The number of anilines is 1. The number of para-hydroxylation sites is 1. The van der Waals surface area contributed by atoms with Gasteiger partial charge in [-0.3, -0.25) is 4.79 Å². The van der Waals surface area contributed by atoms with Crippen molar-refractivity contribution in [2.24, 2.45) is 4.40 Å². The van der Waals surface area contributed by atoms with Gasteiger partial charge in [0.15, 0.2) is 0 Å². The zero-order valence-corrected chi connectivity index (χ0v) is 17.2. The number of carbonyl (C=O) groups excluding carboxylic acids is 1. The number of likely N-dealkylation sites (tertiary alicyclic amines) is 1. The maximum absolute atomic E-state index is 12.4. The van der Waals surface area contributed by atoms with Gasteiger partial charge >= 0.3 is 0 Å². The molecule has 0 radical (unpaired) electrons. The first-order valence-electron chi connectivity index (χ1n) is 9.57. The fourth-order valence-electron chi connectivity index (χ4n) is 2.97. The quantitative estimate of drug-likeness (QED) is 0.669. The van der Waals surface area contributed by atoms with E-state index in [2.05, 4.69) is 9.71 Å². The van der Waals surface area contributed by atoms with Crippen LogP contribution in [0.4, 0.5) is 5.69 Å². The second kappa shape index (κ2) is 9.56. The van der Waals surface area contributed by atoms with Crippen LogP contribution in [-0.4, -0.2) is 45.3 Å². The average molecular weight is 416 g/mol. The van der Waals surface area contributed by atoms with Crippen molar-refractivity contribution in [1.82, 2.24) is 4.90 Å². The zero-order valence-electron chi connectivity index (χ0n) is 16.4. The smallest absolute Gasteiger partial charge is 0.283 e. The number of ether oxygens (including phenoxy) is 1. The summed E-state index contributed by atoms with van der Waals surface area (Å²) in [7, 11) is -1.91. The molecule has 29 heavy (non-hydrogen) atoms. The average Bonchev–Trinajstić information content (AvgIpc) is 3.10. The van der Waals surface area contributed by atoms with E-state index in [4.69, 9.17) is 4.74 Å². The van der Waals surface area contributed by atoms with Crippen LogP contribution in [0.5, 0.6) is 5.75 Å². The highest BCUT2D eigenvalue weighted by Crippen LogP contribution is 2.19. The fourth-order valence-corrected chi connectivity index (χ4v) is 4.07. The molecule has 8 heteroatoms. The van der Waals surface area contributed by atoms with Gasteiger partial charge in [-0.1, -0.05) is 18.2 Å². The summed E-state index contributed by atoms with van der Waals surface area (Å²) in [5.41, 5.74) is 0.545. The minimum Gasteiger partial charge on any atom is -0.494 e. The Hall–Kier alpha value is -2.87. The highest BCUT2D eigenvalue weighted by atomic mass is 32.2. The zero-order chi connectivity index (χ0) is 20.7. The third-order valence-corrected chi connectivity index (χ3v) is 5.88. The standard InChI is InChI=1S/C21H25N3O4S/c1-24-15-5-9-20(24)23-29(26,27)19-13-11-17(12-14-19)22-21(25)10-6-16-28-18-7-3-2-4-8-18/h2-4,7-8,11-14H,5-6,9-10,15-16H2,1H3,(H,22,25). The molecule has 0 saturated carbocycles. The maximum Gasteiger partial charge on any atom is 0.283 e. The summed E-state index contributed by atoms with van der Waals surface area (Å²) in [5.74, 6) is 1.21. The van der Waals surface area contributed by atoms with E-state index in [-0.39, 0.29) is 10.8 Å². The minimum absolute atomic E-state index is 0.111. The lowest BCUT2D eigenvalue weighted by atomic mass is 10.2. The summed E-state index contributed by atoms with van der Waals surface area (Å²) >= 11 is 0. The Morgan fingerprint density at radius 3 is 2.52 bits per heavy atom. The lowest BCUT2D eigenvalue weighted by molar-refractivity contribution is -0.116. The normalized spacial score (nSPS) is 15.5. The Kier molecular flexibility index (Phi) is 6.87. The van der Waals surface area contributed by atoms with Crippen molar-refractivity contribution in [1.29, 1.82) is 0 Å². The Morgan fingerprint density at radius 1 is 1.14 bits per heavy atom. The van der Waals surface area contributed by atoms with E-state index in [0.717, 1.165) is 18.7 Å². The van der Waals surface area contributed by atoms with Crippen LogP contribution in [0, 0.1) is 0 Å². The number of carbonyl (C=O) groups is 1. The first kappa shape index (κ1) is 20.9. The van der Waals surface area contributed by atoms with Crippen LogP contribution >= 0.6 is 0 Å². The van der Waals surface area contributed by atoms with E-state index in [1.54, 1.807) is 12.1 Å². The predicted octanol–water partition coefficient (Wildman–Crippen LogP) is 3.30. The van der Waals surface area contributed by atoms with Crippen LogP contribution in [0.2, 0.25) is 0 Å². The maximum atomic E-state index is 12.4. The monoisotopic (exact) mass is 415 g/mol. The van der Waals surface area contributed by atoms with Crippen LogP contribution in [0.1, 0.15) is 25.7 Å². The van der Waals surface area contributed by atoms with Crippen LogP contribution in [0.3, 0.4) is 0 Å². The Labute approximate surface area is 171 Å². The predicted molar refractivity (Wildman–Crippen MR) is 113 cm³/mol. The largest absolute Gasteiger partial charge is 0.494 e. The third kappa shape index (κ3) is 6.05. The van der Waals surface area contributed by atoms with Crippen molar-refractivity contribution in [2.75, 3.05) is 25.5 Å². The molecule has 0 spiro atoms. The second-order valence-electron chi connectivity index (χ2n) is 6.85. The van der Waals surface area contributed by atoms with Crippen molar-refractivity contribution in [3.63, 3.8) is 0 Å². The van der Waals surface area contributed by atoms with Gasteiger partial charge in [0.2, 0.25) is 5.91 Å². The first-order valence-corrected chi connectivity index (χ1v) is 11.0. The molecule has 1 fully saturated rings. The number of nitrogens with zero attached hydrogens (tertiary/aromatic N) is 2. The molecule has 1 N–H and O–H groups in total. The van der Waals surface area contributed by atoms with E-state index < -0.39 is 10.0 Å². The molecule has 3 rings (SSSR count). The van der Waals surface area contributed by atoms with E-state index in [1.807, 2.05) is 42.3 Å². The molecule has 2 aromatic carbocycles. The molecule has 0 unspecified atom stereocenters. The number of amides is 1. The number of rotatable bonds is 8. The van der Waals surface area contributed by atoms with Gasteiger partial charge in [0.25, 0.3) is 10.0 Å². The molecular formula is C21H25N3O4S. The molecule has 1 aliphatic heterocycles. The van der Waals surface area contributed by atoms with Gasteiger partial charge in [0.1, 0.15) is 11.6 Å². The molecule has 1 aliphatic rings. The minimum atomic E-state index is -3.75. The first-order chi connectivity index (χ1) is 13.9. The van der Waals surface area contributed by atoms with Crippen molar-refractivity contribution in [3.05, 3.63) is 54.6 Å². The fraction of sp³-hybridized carbons (Fsp3) is 0.333. The molecule has 154 valence electrons. The van der Waals surface area contributed by atoms with E-state index in [9.17, 15) is 13.2 Å². The molecule has 0 aliphatic carbocycles. The summed E-state index contributed by atoms with van der Waals surface area (Å²) in [6.45, 7) is 1.26. The highest BCUT2D eigenvalue weighted by molar-refractivity contribution is 7.90. The van der Waals surface area contributed by atoms with Gasteiger partial charge in [-0.2, -0.15) is 8.42 Å². The summed E-state index contributed by atoms with van der Waals surface area (Å²) in [6, 6.07) is 15.5. The Balaban J connectivity index is 1.49. The number of benzene rings is 2. The summed E-state index contributed by atoms with van der Waals surface area (Å²) in [5, 5.41) is 2.77. The van der Waals surface area contributed by atoms with E-state index in [1.165, 1.54) is 12.1 Å². The van der Waals surface area contributed by atoms with E-state index in [0.29, 0.717) is 37.4 Å². The SMILES string of the molecule is CN1CCCC1=NS(=O)(=O)c1ccc(NC(=O)CCCOc2ccccc2)cc1. The lowest BCUT2D eigenvalue weighted by Gasteiger charge is -2.11.